The summed E-state index contributed by atoms with van der Waals surface area (Å²) < 4.78 is 51.6. The molecular weight excluding hydrogens is 356 g/mol. The molecule has 5 nitrogen and oxygen atoms in total. The van der Waals surface area contributed by atoms with Crippen molar-refractivity contribution in [3.63, 3.8) is 0 Å². The minimum Gasteiger partial charge on any atom is -0.508 e. The molecule has 3 rings (SSSR count). The van der Waals surface area contributed by atoms with E-state index >= 15 is 0 Å². The van der Waals surface area contributed by atoms with Crippen LogP contribution in [-0.4, -0.2) is 16.0 Å². The molecule has 0 saturated carbocycles. The van der Waals surface area contributed by atoms with Crippen molar-refractivity contribution >= 4 is 22.5 Å². The number of fused-ring (bicyclic) bond motifs is 1. The van der Waals surface area contributed by atoms with Gasteiger partial charge in [0.15, 0.2) is 0 Å². The molecule has 0 aliphatic carbocycles. The number of alkyl halides is 3. The van der Waals surface area contributed by atoms with Gasteiger partial charge in [-0.1, -0.05) is 0 Å². The second-order valence-corrected chi connectivity index (χ2v) is 5.44. The third-order valence-electron chi connectivity index (χ3n) is 3.59. The van der Waals surface area contributed by atoms with Gasteiger partial charge in [0.2, 0.25) is 5.43 Å². The van der Waals surface area contributed by atoms with E-state index in [9.17, 15) is 32.3 Å². The molecule has 9 heteroatoms. The summed E-state index contributed by atoms with van der Waals surface area (Å²) in [6.07, 6.45) is -3.65. The summed E-state index contributed by atoms with van der Waals surface area (Å²) in [5.74, 6) is -2.39. The number of aromatic amines is 1. The normalized spacial score (nSPS) is 11.5. The second-order valence-electron chi connectivity index (χ2n) is 5.44. The molecule has 1 aromatic heterocycles. The molecule has 0 bridgehead atoms. The third-order valence-corrected chi connectivity index (χ3v) is 3.59. The SMILES string of the molecule is O=C(Nc1cc(O)cc(C(F)(F)F)c1)c1c[nH]c2ccc(F)cc2c1=O. The number of aromatic nitrogens is 1. The molecule has 1 heterocycles. The van der Waals surface area contributed by atoms with Crippen LogP contribution in [0.4, 0.5) is 23.2 Å². The van der Waals surface area contributed by atoms with Crippen LogP contribution in [0.3, 0.4) is 0 Å². The number of benzene rings is 2. The predicted octanol–water partition coefficient (Wildman–Crippen LogP) is 3.64. The standard InChI is InChI=1S/C17H10F4N2O3/c18-9-1-2-14-12(5-9)15(25)13(7-22-14)16(26)23-10-3-8(17(19,20)21)4-11(24)6-10/h1-7,24H,(H,22,25)(H,23,26). The Morgan fingerprint density at radius 3 is 2.54 bits per heavy atom. The van der Waals surface area contributed by atoms with E-state index in [1.165, 1.54) is 6.07 Å². The zero-order valence-corrected chi connectivity index (χ0v) is 12.8. The number of pyridine rings is 1. The van der Waals surface area contributed by atoms with Crippen LogP contribution in [-0.2, 0) is 6.18 Å². The van der Waals surface area contributed by atoms with Crippen molar-refractivity contribution in [3.05, 3.63) is 69.8 Å². The van der Waals surface area contributed by atoms with Crippen molar-refractivity contribution in [1.82, 2.24) is 4.98 Å². The highest BCUT2D eigenvalue weighted by molar-refractivity contribution is 6.05. The monoisotopic (exact) mass is 366 g/mol. The van der Waals surface area contributed by atoms with E-state index < -0.39 is 40.2 Å². The quantitative estimate of drug-likeness (QED) is 0.606. The maximum atomic E-state index is 13.3. The molecular formula is C17H10F4N2O3. The number of phenolic OH excluding ortho intramolecular Hbond substituents is 1. The van der Waals surface area contributed by atoms with Gasteiger partial charge >= 0.3 is 6.18 Å². The van der Waals surface area contributed by atoms with E-state index in [4.69, 9.17) is 0 Å². The summed E-state index contributed by atoms with van der Waals surface area (Å²) in [7, 11) is 0. The summed E-state index contributed by atoms with van der Waals surface area (Å²) in [5.41, 5.74) is -2.42. The molecule has 2 aromatic carbocycles. The summed E-state index contributed by atoms with van der Waals surface area (Å²) in [5, 5.41) is 11.4. The number of aromatic hydroxyl groups is 1. The van der Waals surface area contributed by atoms with Crippen LogP contribution < -0.4 is 10.7 Å². The second kappa shape index (κ2) is 6.17. The number of nitrogens with one attached hydrogen (secondary N) is 2. The van der Waals surface area contributed by atoms with Gasteiger partial charge in [0.1, 0.15) is 17.1 Å². The number of anilines is 1. The molecule has 0 fully saturated rings. The number of amides is 1. The number of carbonyl (C=O) groups excluding carboxylic acids is 1. The van der Waals surface area contributed by atoms with Crippen molar-refractivity contribution in [1.29, 1.82) is 0 Å². The van der Waals surface area contributed by atoms with Gasteiger partial charge in [-0.15, -0.1) is 0 Å². The van der Waals surface area contributed by atoms with Crippen LogP contribution >= 0.6 is 0 Å². The lowest BCUT2D eigenvalue weighted by molar-refractivity contribution is -0.137. The number of hydrogen-bond donors (Lipinski definition) is 3. The zero-order chi connectivity index (χ0) is 19.1. The topological polar surface area (TPSA) is 82.2 Å². The average Bonchev–Trinajstić information content (AvgIpc) is 2.54. The highest BCUT2D eigenvalue weighted by Crippen LogP contribution is 2.33. The Bertz CT molecular complexity index is 1070. The van der Waals surface area contributed by atoms with Crippen LogP contribution in [0.25, 0.3) is 10.9 Å². The maximum Gasteiger partial charge on any atom is 0.416 e. The Balaban J connectivity index is 1.99. The molecule has 0 spiro atoms. The molecule has 1 amide bonds. The van der Waals surface area contributed by atoms with Crippen molar-refractivity contribution < 1.29 is 27.5 Å². The first-order chi connectivity index (χ1) is 12.1. The van der Waals surface area contributed by atoms with E-state index in [2.05, 4.69) is 10.3 Å². The van der Waals surface area contributed by atoms with Gasteiger partial charge in [0.25, 0.3) is 5.91 Å². The molecule has 26 heavy (non-hydrogen) atoms. The number of phenols is 1. The van der Waals surface area contributed by atoms with Gasteiger partial charge in [0, 0.05) is 28.9 Å². The molecule has 0 unspecified atom stereocenters. The van der Waals surface area contributed by atoms with Crippen molar-refractivity contribution in [3.8, 4) is 5.75 Å². The Morgan fingerprint density at radius 2 is 1.85 bits per heavy atom. The van der Waals surface area contributed by atoms with Gasteiger partial charge in [-0.05, 0) is 30.3 Å². The fourth-order valence-electron chi connectivity index (χ4n) is 2.40. The molecule has 3 N–H and O–H groups in total. The maximum absolute atomic E-state index is 13.3. The van der Waals surface area contributed by atoms with E-state index in [0.29, 0.717) is 17.6 Å². The first kappa shape index (κ1) is 17.5. The molecule has 3 aromatic rings. The van der Waals surface area contributed by atoms with E-state index in [0.717, 1.165) is 24.4 Å². The first-order valence-corrected chi connectivity index (χ1v) is 7.19. The molecule has 0 radical (unpaired) electrons. The Kier molecular flexibility index (Phi) is 4.15. The fraction of sp³-hybridized carbons (Fsp3) is 0.0588. The van der Waals surface area contributed by atoms with E-state index in [1.54, 1.807) is 0 Å². The summed E-state index contributed by atoms with van der Waals surface area (Å²) in [6.45, 7) is 0. The van der Waals surface area contributed by atoms with E-state index in [-0.39, 0.29) is 11.1 Å². The molecule has 0 aliphatic rings. The minimum atomic E-state index is -4.73. The molecule has 0 saturated heterocycles. The number of rotatable bonds is 2. The van der Waals surface area contributed by atoms with Gasteiger partial charge < -0.3 is 15.4 Å². The largest absolute Gasteiger partial charge is 0.508 e. The van der Waals surface area contributed by atoms with Gasteiger partial charge in [-0.25, -0.2) is 4.39 Å². The summed E-state index contributed by atoms with van der Waals surface area (Å²) >= 11 is 0. The Morgan fingerprint density at radius 1 is 1.12 bits per heavy atom. The number of halogens is 4. The summed E-state index contributed by atoms with van der Waals surface area (Å²) in [4.78, 5) is 27.2. The lowest BCUT2D eigenvalue weighted by atomic mass is 10.1. The predicted molar refractivity (Wildman–Crippen MR) is 85.6 cm³/mol. The number of H-pyrrole nitrogens is 1. The minimum absolute atomic E-state index is 0.0791. The van der Waals surface area contributed by atoms with Gasteiger partial charge in [0.05, 0.1) is 5.56 Å². The average molecular weight is 366 g/mol. The van der Waals surface area contributed by atoms with Crippen LogP contribution in [0, 0.1) is 5.82 Å². The van der Waals surface area contributed by atoms with Crippen molar-refractivity contribution in [2.45, 2.75) is 6.18 Å². The fourth-order valence-corrected chi connectivity index (χ4v) is 2.40. The third kappa shape index (κ3) is 3.37. The van der Waals surface area contributed by atoms with Crippen LogP contribution in [0.5, 0.6) is 5.75 Å². The zero-order valence-electron chi connectivity index (χ0n) is 12.8. The molecule has 134 valence electrons. The number of hydrogen-bond acceptors (Lipinski definition) is 3. The van der Waals surface area contributed by atoms with Gasteiger partial charge in [-0.3, -0.25) is 9.59 Å². The first-order valence-electron chi connectivity index (χ1n) is 7.19. The lowest BCUT2D eigenvalue weighted by Gasteiger charge is -2.11. The Hall–Kier alpha value is -3.36. The van der Waals surface area contributed by atoms with Crippen LogP contribution in [0.15, 0.2) is 47.4 Å². The highest BCUT2D eigenvalue weighted by Gasteiger charge is 2.31. The van der Waals surface area contributed by atoms with Crippen LogP contribution in [0.2, 0.25) is 0 Å². The smallest absolute Gasteiger partial charge is 0.416 e. The van der Waals surface area contributed by atoms with E-state index in [1.807, 2.05) is 0 Å². The highest BCUT2D eigenvalue weighted by atomic mass is 19.4. The van der Waals surface area contributed by atoms with Crippen LogP contribution in [0.1, 0.15) is 15.9 Å². The Labute approximate surface area is 142 Å². The summed E-state index contributed by atoms with van der Waals surface area (Å²) in [6, 6.07) is 5.42. The number of carbonyl (C=O) groups is 1. The van der Waals surface area contributed by atoms with Crippen molar-refractivity contribution in [2.24, 2.45) is 0 Å². The molecule has 0 aliphatic heterocycles. The lowest BCUT2D eigenvalue weighted by Crippen LogP contribution is -2.22. The molecule has 0 atom stereocenters. The van der Waals surface area contributed by atoms with Gasteiger partial charge in [-0.2, -0.15) is 13.2 Å². The van der Waals surface area contributed by atoms with Crippen molar-refractivity contribution in [2.75, 3.05) is 5.32 Å².